The first-order valence-electron chi connectivity index (χ1n) is 9.27. The molecule has 2 amide bonds. The van der Waals surface area contributed by atoms with E-state index >= 15 is 0 Å². The third kappa shape index (κ3) is 4.38. The molecule has 2 heterocycles. The van der Waals surface area contributed by atoms with E-state index in [1.54, 1.807) is 4.90 Å². The van der Waals surface area contributed by atoms with Crippen molar-refractivity contribution in [2.45, 2.75) is 39.7 Å². The van der Waals surface area contributed by atoms with E-state index in [-0.39, 0.29) is 29.6 Å². The van der Waals surface area contributed by atoms with Crippen LogP contribution in [0.1, 0.15) is 53.2 Å². The van der Waals surface area contributed by atoms with Crippen LogP contribution in [0.5, 0.6) is 0 Å². The molecule has 2 aromatic rings. The lowest BCUT2D eigenvalue weighted by atomic mass is 9.95. The first-order valence-corrected chi connectivity index (χ1v) is 9.27. The van der Waals surface area contributed by atoms with E-state index in [2.05, 4.69) is 5.32 Å². The van der Waals surface area contributed by atoms with E-state index in [9.17, 15) is 14.0 Å². The minimum absolute atomic E-state index is 0.0580. The lowest BCUT2D eigenvalue weighted by Gasteiger charge is -2.32. The van der Waals surface area contributed by atoms with Gasteiger partial charge >= 0.3 is 0 Å². The van der Waals surface area contributed by atoms with Crippen molar-refractivity contribution in [1.29, 1.82) is 0 Å². The van der Waals surface area contributed by atoms with Crippen LogP contribution in [0.15, 0.2) is 34.7 Å². The van der Waals surface area contributed by atoms with E-state index < -0.39 is 0 Å². The van der Waals surface area contributed by atoms with Crippen LogP contribution in [0.25, 0.3) is 0 Å². The Balaban J connectivity index is 1.63. The summed E-state index contributed by atoms with van der Waals surface area (Å²) < 4.78 is 18.6. The summed E-state index contributed by atoms with van der Waals surface area (Å²) in [6.45, 7) is 6.67. The normalized spacial score (nSPS) is 18.2. The molecule has 1 fully saturated rings. The van der Waals surface area contributed by atoms with E-state index in [1.807, 2.05) is 26.8 Å². The molecule has 0 spiro atoms. The molecule has 1 saturated heterocycles. The van der Waals surface area contributed by atoms with Gasteiger partial charge in [0.15, 0.2) is 0 Å². The molecule has 0 radical (unpaired) electrons. The van der Waals surface area contributed by atoms with E-state index in [0.29, 0.717) is 18.7 Å². The van der Waals surface area contributed by atoms with Crippen LogP contribution in [0.4, 0.5) is 4.39 Å². The molecule has 2 atom stereocenters. The largest absolute Gasteiger partial charge is 0.466 e. The summed E-state index contributed by atoms with van der Waals surface area (Å²) in [6.07, 6.45) is 1.51. The SMILES string of the molecule is Cc1cc(C(C)NC(=O)C2CCCN(C(=O)c3ccc(F)cc3)C2)c(C)o1. The first kappa shape index (κ1) is 19.1. The van der Waals surface area contributed by atoms with Gasteiger partial charge in [-0.05, 0) is 63.9 Å². The summed E-state index contributed by atoms with van der Waals surface area (Å²) in [5.74, 6) is 0.772. The molecule has 3 rings (SSSR count). The van der Waals surface area contributed by atoms with Crippen LogP contribution in [-0.2, 0) is 4.79 Å². The van der Waals surface area contributed by atoms with Crippen LogP contribution in [0.2, 0.25) is 0 Å². The number of hydrogen-bond donors (Lipinski definition) is 1. The Bertz CT molecular complexity index is 828. The number of carbonyl (C=O) groups is 2. The maximum Gasteiger partial charge on any atom is 0.253 e. The van der Waals surface area contributed by atoms with Crippen molar-refractivity contribution >= 4 is 11.8 Å². The predicted octanol–water partition coefficient (Wildman–Crippen LogP) is 3.77. The molecule has 0 aliphatic carbocycles. The topological polar surface area (TPSA) is 62.6 Å². The van der Waals surface area contributed by atoms with E-state index in [1.165, 1.54) is 24.3 Å². The summed E-state index contributed by atoms with van der Waals surface area (Å²) in [6, 6.07) is 7.29. The number of nitrogens with one attached hydrogen (secondary N) is 1. The fraction of sp³-hybridized carbons (Fsp3) is 0.429. The zero-order valence-electron chi connectivity index (χ0n) is 15.9. The molecule has 1 aromatic carbocycles. The molecule has 1 N–H and O–H groups in total. The van der Waals surface area contributed by atoms with Gasteiger partial charge in [0.1, 0.15) is 17.3 Å². The number of piperidine rings is 1. The molecular weight excluding hydrogens is 347 g/mol. The molecule has 5 nitrogen and oxygen atoms in total. The van der Waals surface area contributed by atoms with Crippen molar-refractivity contribution in [3.63, 3.8) is 0 Å². The molecule has 1 aliphatic heterocycles. The number of likely N-dealkylation sites (tertiary alicyclic amines) is 1. The van der Waals surface area contributed by atoms with Gasteiger partial charge in [-0.25, -0.2) is 4.39 Å². The summed E-state index contributed by atoms with van der Waals surface area (Å²) >= 11 is 0. The number of furan rings is 1. The predicted molar refractivity (Wildman–Crippen MR) is 99.8 cm³/mol. The molecule has 2 unspecified atom stereocenters. The maximum absolute atomic E-state index is 13.1. The molecule has 0 bridgehead atoms. The van der Waals surface area contributed by atoms with Crippen LogP contribution in [-0.4, -0.2) is 29.8 Å². The fourth-order valence-corrected chi connectivity index (χ4v) is 3.64. The molecule has 1 aromatic heterocycles. The van der Waals surface area contributed by atoms with Gasteiger partial charge in [-0.3, -0.25) is 9.59 Å². The van der Waals surface area contributed by atoms with Crippen LogP contribution < -0.4 is 5.32 Å². The Morgan fingerprint density at radius 3 is 2.59 bits per heavy atom. The summed E-state index contributed by atoms with van der Waals surface area (Å²) in [5.41, 5.74) is 1.41. The molecule has 1 aliphatic rings. The summed E-state index contributed by atoms with van der Waals surface area (Å²) in [5, 5.41) is 3.04. The smallest absolute Gasteiger partial charge is 0.253 e. The maximum atomic E-state index is 13.1. The molecule has 27 heavy (non-hydrogen) atoms. The van der Waals surface area contributed by atoms with Gasteiger partial charge in [0.05, 0.1) is 12.0 Å². The van der Waals surface area contributed by atoms with Gasteiger partial charge < -0.3 is 14.6 Å². The number of amides is 2. The van der Waals surface area contributed by atoms with Crippen LogP contribution in [0, 0.1) is 25.6 Å². The quantitative estimate of drug-likeness (QED) is 0.889. The highest BCUT2D eigenvalue weighted by Crippen LogP contribution is 2.24. The lowest BCUT2D eigenvalue weighted by molar-refractivity contribution is -0.127. The number of benzene rings is 1. The van der Waals surface area contributed by atoms with Crippen molar-refractivity contribution in [1.82, 2.24) is 10.2 Å². The van der Waals surface area contributed by atoms with Gasteiger partial charge in [-0.2, -0.15) is 0 Å². The molecular formula is C21H25FN2O3. The zero-order valence-corrected chi connectivity index (χ0v) is 15.9. The van der Waals surface area contributed by atoms with Gasteiger partial charge in [-0.1, -0.05) is 0 Å². The highest BCUT2D eigenvalue weighted by molar-refractivity contribution is 5.94. The highest BCUT2D eigenvalue weighted by atomic mass is 19.1. The number of aryl methyl sites for hydroxylation is 2. The third-order valence-corrected chi connectivity index (χ3v) is 5.08. The van der Waals surface area contributed by atoms with Gasteiger partial charge in [-0.15, -0.1) is 0 Å². The van der Waals surface area contributed by atoms with Crippen molar-refractivity contribution < 1.29 is 18.4 Å². The number of nitrogens with zero attached hydrogens (tertiary/aromatic N) is 1. The van der Waals surface area contributed by atoms with Crippen molar-refractivity contribution in [2.75, 3.05) is 13.1 Å². The fourth-order valence-electron chi connectivity index (χ4n) is 3.64. The second kappa shape index (κ2) is 7.94. The molecule has 6 heteroatoms. The Kier molecular flexibility index (Phi) is 5.63. The van der Waals surface area contributed by atoms with Crippen LogP contribution >= 0.6 is 0 Å². The second-order valence-corrected chi connectivity index (χ2v) is 7.20. The van der Waals surface area contributed by atoms with Crippen molar-refractivity contribution in [2.24, 2.45) is 5.92 Å². The summed E-state index contributed by atoms with van der Waals surface area (Å²) in [4.78, 5) is 27.0. The Hall–Kier alpha value is -2.63. The minimum Gasteiger partial charge on any atom is -0.466 e. The van der Waals surface area contributed by atoms with E-state index in [4.69, 9.17) is 4.42 Å². The standard InChI is InChI=1S/C21H25FN2O3/c1-13-11-19(15(3)27-13)14(2)23-20(25)17-5-4-10-24(12-17)21(26)16-6-8-18(22)9-7-16/h6-9,11,14,17H,4-5,10,12H2,1-3H3,(H,23,25). The van der Waals surface area contributed by atoms with Gasteiger partial charge in [0.2, 0.25) is 5.91 Å². The average molecular weight is 372 g/mol. The Morgan fingerprint density at radius 1 is 1.26 bits per heavy atom. The van der Waals surface area contributed by atoms with Crippen molar-refractivity contribution in [3.05, 3.63) is 58.8 Å². The van der Waals surface area contributed by atoms with Crippen LogP contribution in [0.3, 0.4) is 0 Å². The number of rotatable bonds is 4. The summed E-state index contributed by atoms with van der Waals surface area (Å²) in [7, 11) is 0. The monoisotopic (exact) mass is 372 g/mol. The minimum atomic E-state index is -0.374. The van der Waals surface area contributed by atoms with E-state index in [0.717, 1.165) is 29.9 Å². The Labute approximate surface area is 158 Å². The second-order valence-electron chi connectivity index (χ2n) is 7.20. The molecule has 0 saturated carbocycles. The van der Waals surface area contributed by atoms with Gasteiger partial charge in [0.25, 0.3) is 5.91 Å². The van der Waals surface area contributed by atoms with Gasteiger partial charge in [0, 0.05) is 24.2 Å². The highest BCUT2D eigenvalue weighted by Gasteiger charge is 2.30. The number of halogens is 1. The molecule has 144 valence electrons. The Morgan fingerprint density at radius 2 is 1.96 bits per heavy atom. The van der Waals surface area contributed by atoms with Crippen molar-refractivity contribution in [3.8, 4) is 0 Å². The number of carbonyl (C=O) groups excluding carboxylic acids is 2. The number of hydrogen-bond acceptors (Lipinski definition) is 3. The third-order valence-electron chi connectivity index (χ3n) is 5.08. The lowest BCUT2D eigenvalue weighted by Crippen LogP contribution is -2.45. The first-order chi connectivity index (χ1) is 12.8. The zero-order chi connectivity index (χ0) is 19.6. The average Bonchev–Trinajstić information content (AvgIpc) is 3.00.